The maximum atomic E-state index is 5.18. The van der Waals surface area contributed by atoms with Gasteiger partial charge in [0.25, 0.3) is 0 Å². The second kappa shape index (κ2) is 7.38. The molecule has 1 aromatic carbocycles. The van der Waals surface area contributed by atoms with Gasteiger partial charge < -0.3 is 10.1 Å². The van der Waals surface area contributed by atoms with Crippen molar-refractivity contribution in [3.8, 4) is 11.3 Å². The molecule has 0 spiro atoms. The highest BCUT2D eigenvalue weighted by molar-refractivity contribution is 7.09. The van der Waals surface area contributed by atoms with Crippen LogP contribution in [-0.2, 0) is 11.3 Å². The molecule has 2 rings (SSSR count). The molecule has 3 nitrogen and oxygen atoms in total. The Balaban J connectivity index is 1.94. The molecule has 1 atom stereocenters. The topological polar surface area (TPSA) is 34.1 Å². The largest absolute Gasteiger partial charge is 0.383 e. The average molecular weight is 276 g/mol. The van der Waals surface area contributed by atoms with Gasteiger partial charge in [-0.15, -0.1) is 11.3 Å². The summed E-state index contributed by atoms with van der Waals surface area (Å²) in [6, 6.07) is 10.7. The maximum Gasteiger partial charge on any atom is 0.107 e. The third-order valence-corrected chi connectivity index (χ3v) is 3.87. The molecule has 2 aromatic rings. The number of nitrogens with one attached hydrogen (secondary N) is 1. The van der Waals surface area contributed by atoms with Crippen LogP contribution in [0.1, 0.15) is 18.4 Å². The molecular weight excluding hydrogens is 256 g/mol. The maximum absolute atomic E-state index is 5.18. The molecule has 0 aliphatic carbocycles. The third kappa shape index (κ3) is 4.13. The Morgan fingerprint density at radius 2 is 2.11 bits per heavy atom. The Bertz CT molecular complexity index is 484. The SMILES string of the molecule is CCC(COC)NCc1nc(-c2ccccc2)cs1. The summed E-state index contributed by atoms with van der Waals surface area (Å²) in [6.07, 6.45) is 1.06. The lowest BCUT2D eigenvalue weighted by atomic mass is 10.2. The second-order valence-electron chi connectivity index (χ2n) is 4.43. The molecule has 0 fully saturated rings. The molecule has 0 aliphatic rings. The summed E-state index contributed by atoms with van der Waals surface area (Å²) in [5.74, 6) is 0. The van der Waals surface area contributed by atoms with E-state index in [1.807, 2.05) is 18.2 Å². The van der Waals surface area contributed by atoms with E-state index >= 15 is 0 Å². The third-order valence-electron chi connectivity index (χ3n) is 3.02. The van der Waals surface area contributed by atoms with Crippen molar-refractivity contribution < 1.29 is 4.74 Å². The number of thiazole rings is 1. The van der Waals surface area contributed by atoms with Gasteiger partial charge in [-0.3, -0.25) is 0 Å². The lowest BCUT2D eigenvalue weighted by Gasteiger charge is -2.14. The summed E-state index contributed by atoms with van der Waals surface area (Å²) < 4.78 is 5.18. The Morgan fingerprint density at radius 3 is 2.79 bits per heavy atom. The van der Waals surface area contributed by atoms with Crippen LogP contribution >= 0.6 is 11.3 Å². The number of nitrogens with zero attached hydrogens (tertiary/aromatic N) is 1. The fourth-order valence-electron chi connectivity index (χ4n) is 1.89. The van der Waals surface area contributed by atoms with Gasteiger partial charge in [0.15, 0.2) is 0 Å². The zero-order valence-electron chi connectivity index (χ0n) is 11.4. The molecule has 1 unspecified atom stereocenters. The molecule has 1 N–H and O–H groups in total. The molecule has 0 aliphatic heterocycles. The molecule has 102 valence electrons. The highest BCUT2D eigenvalue weighted by Crippen LogP contribution is 2.21. The Morgan fingerprint density at radius 1 is 1.32 bits per heavy atom. The lowest BCUT2D eigenvalue weighted by molar-refractivity contribution is 0.164. The van der Waals surface area contributed by atoms with Crippen molar-refractivity contribution in [1.29, 1.82) is 0 Å². The van der Waals surface area contributed by atoms with Gasteiger partial charge in [0.2, 0.25) is 0 Å². The number of hydrogen-bond acceptors (Lipinski definition) is 4. The smallest absolute Gasteiger partial charge is 0.107 e. The quantitative estimate of drug-likeness (QED) is 0.842. The first-order valence-electron chi connectivity index (χ1n) is 6.55. The van der Waals surface area contributed by atoms with E-state index in [-0.39, 0.29) is 0 Å². The fourth-order valence-corrected chi connectivity index (χ4v) is 2.64. The molecule has 4 heteroatoms. The first-order valence-corrected chi connectivity index (χ1v) is 7.43. The minimum Gasteiger partial charge on any atom is -0.383 e. The first kappa shape index (κ1) is 14.2. The van der Waals surface area contributed by atoms with Crippen LogP contribution in [-0.4, -0.2) is 24.7 Å². The molecular formula is C15H20N2OS. The minimum absolute atomic E-state index is 0.397. The molecule has 0 bridgehead atoms. The zero-order valence-corrected chi connectivity index (χ0v) is 12.2. The van der Waals surface area contributed by atoms with Crippen LogP contribution in [0.2, 0.25) is 0 Å². The summed E-state index contributed by atoms with van der Waals surface area (Å²) in [7, 11) is 1.74. The predicted molar refractivity (Wildman–Crippen MR) is 80.3 cm³/mol. The summed E-state index contributed by atoms with van der Waals surface area (Å²) in [6.45, 7) is 3.71. The molecule has 0 saturated heterocycles. The predicted octanol–water partition coefficient (Wildman–Crippen LogP) is 3.32. The van der Waals surface area contributed by atoms with Crippen LogP contribution in [0, 0.1) is 0 Å². The van der Waals surface area contributed by atoms with Gasteiger partial charge >= 0.3 is 0 Å². The highest BCUT2D eigenvalue weighted by atomic mass is 32.1. The molecule has 1 heterocycles. The van der Waals surface area contributed by atoms with Crippen molar-refractivity contribution in [1.82, 2.24) is 10.3 Å². The Hall–Kier alpha value is -1.23. The standard InChI is InChI=1S/C15H20N2OS/c1-3-13(10-18-2)16-9-15-17-14(11-19-15)12-7-5-4-6-8-12/h4-8,11,13,16H,3,9-10H2,1-2H3. The first-order chi connectivity index (χ1) is 9.33. The summed E-state index contributed by atoms with van der Waals surface area (Å²) in [5.41, 5.74) is 2.23. The molecule has 0 radical (unpaired) electrons. The summed E-state index contributed by atoms with van der Waals surface area (Å²) in [4.78, 5) is 4.66. The van der Waals surface area contributed by atoms with Crippen LogP contribution in [0.4, 0.5) is 0 Å². The van der Waals surface area contributed by atoms with Gasteiger partial charge in [-0.25, -0.2) is 4.98 Å². The Labute approximate surface area is 118 Å². The van der Waals surface area contributed by atoms with E-state index in [0.29, 0.717) is 6.04 Å². The summed E-state index contributed by atoms with van der Waals surface area (Å²) >= 11 is 1.70. The van der Waals surface area contributed by atoms with Crippen LogP contribution in [0.3, 0.4) is 0 Å². The van der Waals surface area contributed by atoms with E-state index in [4.69, 9.17) is 4.74 Å². The lowest BCUT2D eigenvalue weighted by Crippen LogP contribution is -2.31. The molecule has 1 aromatic heterocycles. The average Bonchev–Trinajstić information content (AvgIpc) is 2.93. The second-order valence-corrected chi connectivity index (χ2v) is 5.38. The van der Waals surface area contributed by atoms with Gasteiger partial charge in [-0.1, -0.05) is 37.3 Å². The number of rotatable bonds is 7. The van der Waals surface area contributed by atoms with Gasteiger partial charge in [0.05, 0.1) is 12.3 Å². The molecule has 0 amide bonds. The van der Waals surface area contributed by atoms with E-state index in [2.05, 4.69) is 34.7 Å². The van der Waals surface area contributed by atoms with Crippen LogP contribution in [0.5, 0.6) is 0 Å². The fraction of sp³-hybridized carbons (Fsp3) is 0.400. The molecule has 0 saturated carbocycles. The highest BCUT2D eigenvalue weighted by Gasteiger charge is 2.08. The zero-order chi connectivity index (χ0) is 13.5. The van der Waals surface area contributed by atoms with Crippen LogP contribution in [0.15, 0.2) is 35.7 Å². The Kier molecular flexibility index (Phi) is 5.51. The molecule has 19 heavy (non-hydrogen) atoms. The van der Waals surface area contributed by atoms with E-state index < -0.39 is 0 Å². The van der Waals surface area contributed by atoms with Crippen molar-refractivity contribution in [3.05, 3.63) is 40.7 Å². The van der Waals surface area contributed by atoms with Crippen molar-refractivity contribution in [2.45, 2.75) is 25.9 Å². The number of benzene rings is 1. The van der Waals surface area contributed by atoms with E-state index in [0.717, 1.165) is 30.3 Å². The normalized spacial score (nSPS) is 12.5. The van der Waals surface area contributed by atoms with Gasteiger partial charge in [-0.05, 0) is 6.42 Å². The van der Waals surface area contributed by atoms with Crippen molar-refractivity contribution >= 4 is 11.3 Å². The van der Waals surface area contributed by atoms with Crippen molar-refractivity contribution in [3.63, 3.8) is 0 Å². The van der Waals surface area contributed by atoms with Crippen LogP contribution < -0.4 is 5.32 Å². The van der Waals surface area contributed by atoms with Gasteiger partial charge in [0.1, 0.15) is 5.01 Å². The van der Waals surface area contributed by atoms with E-state index in [1.165, 1.54) is 5.56 Å². The number of aromatic nitrogens is 1. The van der Waals surface area contributed by atoms with Crippen molar-refractivity contribution in [2.75, 3.05) is 13.7 Å². The van der Waals surface area contributed by atoms with Crippen molar-refractivity contribution in [2.24, 2.45) is 0 Å². The van der Waals surface area contributed by atoms with E-state index in [9.17, 15) is 0 Å². The number of hydrogen-bond donors (Lipinski definition) is 1. The van der Waals surface area contributed by atoms with Gasteiger partial charge in [-0.2, -0.15) is 0 Å². The van der Waals surface area contributed by atoms with Crippen LogP contribution in [0.25, 0.3) is 11.3 Å². The number of ether oxygens (including phenoxy) is 1. The monoisotopic (exact) mass is 276 g/mol. The number of methoxy groups -OCH3 is 1. The van der Waals surface area contributed by atoms with E-state index in [1.54, 1.807) is 18.4 Å². The minimum atomic E-state index is 0.397. The van der Waals surface area contributed by atoms with Gasteiger partial charge in [0, 0.05) is 30.6 Å². The summed E-state index contributed by atoms with van der Waals surface area (Å²) in [5, 5.41) is 6.71.